The van der Waals surface area contributed by atoms with Crippen molar-refractivity contribution in [3.8, 4) is 11.8 Å². The summed E-state index contributed by atoms with van der Waals surface area (Å²) in [4.78, 5) is 11.9. The lowest BCUT2D eigenvalue weighted by molar-refractivity contribution is -0.121. The molecule has 7 heteroatoms. The van der Waals surface area contributed by atoms with Crippen LogP contribution in [0.4, 0.5) is 5.69 Å². The Bertz CT molecular complexity index is 818. The van der Waals surface area contributed by atoms with E-state index in [1.807, 2.05) is 25.1 Å². The van der Waals surface area contributed by atoms with Gasteiger partial charge in [-0.3, -0.25) is 10.1 Å². The lowest BCUT2D eigenvalue weighted by Crippen LogP contribution is -2.37. The number of halogens is 1. The predicted octanol–water partition coefficient (Wildman–Crippen LogP) is 3.52. The Morgan fingerprint density at radius 2 is 2.08 bits per heavy atom. The Kier molecular flexibility index (Phi) is 6.29. The van der Waals surface area contributed by atoms with Gasteiger partial charge in [0.25, 0.3) is 5.91 Å². The van der Waals surface area contributed by atoms with Gasteiger partial charge < -0.3 is 10.1 Å². The molecule has 0 unspecified atom stereocenters. The number of nitriles is 1. The number of thiocarbonyl (C=S) groups is 1. The number of carbonyl (C=O) groups excluding carboxylic acids is 1. The van der Waals surface area contributed by atoms with Gasteiger partial charge in [0, 0.05) is 4.47 Å². The third kappa shape index (κ3) is 5.05. The number of anilines is 1. The summed E-state index contributed by atoms with van der Waals surface area (Å²) in [5.41, 5.74) is 1.99. The van der Waals surface area contributed by atoms with Crippen LogP contribution in [0.1, 0.15) is 11.1 Å². The molecule has 5 nitrogen and oxygen atoms in total. The van der Waals surface area contributed by atoms with Crippen LogP contribution in [0.5, 0.6) is 5.75 Å². The number of benzene rings is 2. The molecule has 0 aliphatic rings. The molecule has 2 aromatic rings. The fraction of sp³-hybridized carbons (Fsp3) is 0.118. The number of nitrogens with one attached hydrogen (secondary N) is 2. The maximum atomic E-state index is 11.9. The molecule has 0 spiro atoms. The first-order valence-corrected chi connectivity index (χ1v) is 8.18. The number of aryl methyl sites for hydroxylation is 1. The molecule has 0 heterocycles. The monoisotopic (exact) mass is 403 g/mol. The highest BCUT2D eigenvalue weighted by atomic mass is 79.9. The number of amides is 1. The van der Waals surface area contributed by atoms with Gasteiger partial charge in [-0.25, -0.2) is 0 Å². The summed E-state index contributed by atoms with van der Waals surface area (Å²) in [5, 5.41) is 14.5. The number of ether oxygens (including phenoxy) is 1. The molecular formula is C17H14BrN3O2S. The van der Waals surface area contributed by atoms with E-state index in [0.29, 0.717) is 17.0 Å². The zero-order valence-corrected chi connectivity index (χ0v) is 15.2. The van der Waals surface area contributed by atoms with Crippen molar-refractivity contribution in [1.82, 2.24) is 5.32 Å². The zero-order valence-electron chi connectivity index (χ0n) is 12.8. The molecule has 0 saturated heterocycles. The topological polar surface area (TPSA) is 74.2 Å². The van der Waals surface area contributed by atoms with Crippen LogP contribution in [0.25, 0.3) is 0 Å². The number of hydrogen-bond acceptors (Lipinski definition) is 4. The number of carbonyl (C=O) groups is 1. The lowest BCUT2D eigenvalue weighted by Gasteiger charge is -2.11. The van der Waals surface area contributed by atoms with Crippen LogP contribution in [0.3, 0.4) is 0 Å². The normalized spacial score (nSPS) is 9.71. The first kappa shape index (κ1) is 17.9. The summed E-state index contributed by atoms with van der Waals surface area (Å²) in [5.74, 6) is 0.210. The van der Waals surface area contributed by atoms with Gasteiger partial charge in [0.15, 0.2) is 11.7 Å². The van der Waals surface area contributed by atoms with Crippen LogP contribution in [-0.4, -0.2) is 17.6 Å². The highest BCUT2D eigenvalue weighted by Gasteiger charge is 2.08. The minimum absolute atomic E-state index is 0.110. The van der Waals surface area contributed by atoms with E-state index in [1.165, 1.54) is 0 Å². The van der Waals surface area contributed by atoms with E-state index in [9.17, 15) is 4.79 Å². The Morgan fingerprint density at radius 1 is 1.33 bits per heavy atom. The average molecular weight is 404 g/mol. The fourth-order valence-corrected chi connectivity index (χ4v) is 2.33. The Labute approximate surface area is 153 Å². The lowest BCUT2D eigenvalue weighted by atomic mass is 10.2. The van der Waals surface area contributed by atoms with Crippen molar-refractivity contribution in [1.29, 1.82) is 5.26 Å². The quantitative estimate of drug-likeness (QED) is 0.763. The van der Waals surface area contributed by atoms with Crippen molar-refractivity contribution in [2.45, 2.75) is 6.92 Å². The van der Waals surface area contributed by atoms with Gasteiger partial charge >= 0.3 is 0 Å². The highest BCUT2D eigenvalue weighted by Crippen LogP contribution is 2.21. The van der Waals surface area contributed by atoms with Gasteiger partial charge in [0.05, 0.1) is 11.3 Å². The Morgan fingerprint density at radius 3 is 2.79 bits per heavy atom. The smallest absolute Gasteiger partial charge is 0.264 e. The summed E-state index contributed by atoms with van der Waals surface area (Å²) in [6, 6.07) is 14.4. The van der Waals surface area contributed by atoms with E-state index in [-0.39, 0.29) is 17.6 Å². The first-order chi connectivity index (χ1) is 11.5. The van der Waals surface area contributed by atoms with Crippen LogP contribution in [0.2, 0.25) is 0 Å². The van der Waals surface area contributed by atoms with E-state index in [4.69, 9.17) is 22.2 Å². The maximum absolute atomic E-state index is 11.9. The molecule has 24 heavy (non-hydrogen) atoms. The second-order valence-corrected chi connectivity index (χ2v) is 6.12. The van der Waals surface area contributed by atoms with Crippen molar-refractivity contribution in [3.05, 3.63) is 58.1 Å². The molecule has 0 atom stereocenters. The van der Waals surface area contributed by atoms with Gasteiger partial charge in [-0.05, 0) is 55.0 Å². The fourth-order valence-electron chi connectivity index (χ4n) is 1.86. The van der Waals surface area contributed by atoms with Gasteiger partial charge in [-0.1, -0.05) is 28.1 Å². The summed E-state index contributed by atoms with van der Waals surface area (Å²) in [6.07, 6.45) is 0. The molecule has 122 valence electrons. The molecule has 0 fully saturated rings. The van der Waals surface area contributed by atoms with E-state index >= 15 is 0 Å². The molecule has 0 radical (unpaired) electrons. The number of nitrogens with zero attached hydrogens (tertiary/aromatic N) is 1. The van der Waals surface area contributed by atoms with Crippen LogP contribution >= 0.6 is 28.1 Å². The van der Waals surface area contributed by atoms with Crippen molar-refractivity contribution < 1.29 is 9.53 Å². The van der Waals surface area contributed by atoms with Crippen LogP contribution < -0.4 is 15.4 Å². The minimum atomic E-state index is -0.387. The molecule has 0 aliphatic heterocycles. The van der Waals surface area contributed by atoms with E-state index < -0.39 is 0 Å². The predicted molar refractivity (Wildman–Crippen MR) is 99.9 cm³/mol. The molecule has 0 bridgehead atoms. The van der Waals surface area contributed by atoms with Gasteiger partial charge in [0.1, 0.15) is 11.8 Å². The minimum Gasteiger partial charge on any atom is -0.484 e. The molecule has 0 saturated carbocycles. The van der Waals surface area contributed by atoms with Crippen molar-refractivity contribution in [2.75, 3.05) is 11.9 Å². The number of para-hydroxylation sites is 1. The third-order valence-electron chi connectivity index (χ3n) is 3.05. The molecule has 0 aliphatic carbocycles. The van der Waals surface area contributed by atoms with Gasteiger partial charge in [-0.2, -0.15) is 5.26 Å². The third-order valence-corrected chi connectivity index (χ3v) is 4.14. The van der Waals surface area contributed by atoms with E-state index in [0.717, 1.165) is 10.0 Å². The molecule has 1 amide bonds. The van der Waals surface area contributed by atoms with Crippen LogP contribution in [0, 0.1) is 18.3 Å². The molecule has 2 rings (SSSR count). The Hall–Kier alpha value is -2.43. The standard InChI is InChI=1S/C17H14BrN3O2S/c1-11-8-13(6-7-14(11)18)23-10-16(22)21-17(24)20-15-5-3-2-4-12(15)9-19/h2-8H,10H2,1H3,(H2,20,21,22,24). The van der Waals surface area contributed by atoms with Crippen molar-refractivity contribution in [3.63, 3.8) is 0 Å². The summed E-state index contributed by atoms with van der Waals surface area (Å²) in [6.45, 7) is 1.77. The average Bonchev–Trinajstić information content (AvgIpc) is 2.56. The van der Waals surface area contributed by atoms with Gasteiger partial charge in [-0.15, -0.1) is 0 Å². The van der Waals surface area contributed by atoms with Crippen molar-refractivity contribution >= 4 is 44.9 Å². The molecule has 2 aromatic carbocycles. The summed E-state index contributed by atoms with van der Waals surface area (Å²) >= 11 is 8.48. The van der Waals surface area contributed by atoms with E-state index in [2.05, 4.69) is 26.6 Å². The first-order valence-electron chi connectivity index (χ1n) is 6.98. The SMILES string of the molecule is Cc1cc(OCC(=O)NC(=S)Nc2ccccc2C#N)ccc1Br. The highest BCUT2D eigenvalue weighted by molar-refractivity contribution is 9.10. The molecular weight excluding hydrogens is 390 g/mol. The summed E-state index contributed by atoms with van der Waals surface area (Å²) < 4.78 is 6.40. The zero-order chi connectivity index (χ0) is 17.5. The number of rotatable bonds is 4. The van der Waals surface area contributed by atoms with Crippen LogP contribution in [0.15, 0.2) is 46.9 Å². The second kappa shape index (κ2) is 8.43. The number of hydrogen-bond donors (Lipinski definition) is 2. The maximum Gasteiger partial charge on any atom is 0.264 e. The van der Waals surface area contributed by atoms with Crippen molar-refractivity contribution in [2.24, 2.45) is 0 Å². The molecule has 2 N–H and O–H groups in total. The largest absolute Gasteiger partial charge is 0.484 e. The second-order valence-electron chi connectivity index (χ2n) is 4.86. The van der Waals surface area contributed by atoms with Gasteiger partial charge in [0.2, 0.25) is 0 Å². The van der Waals surface area contributed by atoms with Crippen LogP contribution in [-0.2, 0) is 4.79 Å². The summed E-state index contributed by atoms with van der Waals surface area (Å²) in [7, 11) is 0. The molecule has 0 aromatic heterocycles. The van der Waals surface area contributed by atoms with E-state index in [1.54, 1.807) is 30.3 Å². The Balaban J connectivity index is 1.86.